The molecule has 1 amide bonds. The Hall–Kier alpha value is -0.620. The number of rotatable bonds is 5. The van der Waals surface area contributed by atoms with Crippen molar-refractivity contribution in [2.75, 3.05) is 27.3 Å². The average Bonchev–Trinajstić information content (AvgIpc) is 2.87. The number of methoxy groups -OCH3 is 1. The van der Waals surface area contributed by atoms with Gasteiger partial charge in [0.1, 0.15) is 0 Å². The topological polar surface area (TPSA) is 29.5 Å². The SMILES string of the molecule is COCC(Cl)CN(C)C(=O)c1cc2sccc2s1. The van der Waals surface area contributed by atoms with Crippen LogP contribution in [0.25, 0.3) is 9.40 Å². The van der Waals surface area contributed by atoms with Crippen LogP contribution in [0, 0.1) is 0 Å². The molecule has 0 N–H and O–H groups in total. The first-order chi connectivity index (χ1) is 8.61. The van der Waals surface area contributed by atoms with Gasteiger partial charge in [0.15, 0.2) is 0 Å². The van der Waals surface area contributed by atoms with Gasteiger partial charge in [-0.2, -0.15) is 0 Å². The second-order valence-corrected chi connectivity index (χ2v) is 6.65. The lowest BCUT2D eigenvalue weighted by molar-refractivity contribution is 0.0786. The van der Waals surface area contributed by atoms with Gasteiger partial charge < -0.3 is 9.64 Å². The molecule has 98 valence electrons. The maximum absolute atomic E-state index is 12.2. The third-order valence-corrected chi connectivity index (χ3v) is 4.86. The molecule has 0 saturated heterocycles. The molecule has 0 fully saturated rings. The van der Waals surface area contributed by atoms with E-state index in [0.29, 0.717) is 13.2 Å². The van der Waals surface area contributed by atoms with Gasteiger partial charge in [-0.15, -0.1) is 34.3 Å². The fraction of sp³-hybridized carbons (Fsp3) is 0.417. The standard InChI is InChI=1S/C12H14ClNO2S2/c1-14(6-8(13)7-16-2)12(15)11-5-10-9(18-11)3-4-17-10/h3-5,8H,6-7H2,1-2H3. The van der Waals surface area contributed by atoms with Crippen LogP contribution in [0.1, 0.15) is 9.67 Å². The summed E-state index contributed by atoms with van der Waals surface area (Å²) in [6, 6.07) is 3.99. The number of halogens is 1. The van der Waals surface area contributed by atoms with Crippen LogP contribution in [-0.2, 0) is 4.74 Å². The molecule has 2 rings (SSSR count). The molecule has 6 heteroatoms. The minimum atomic E-state index is -0.176. The molecule has 0 aromatic carbocycles. The Morgan fingerprint density at radius 2 is 2.33 bits per heavy atom. The molecule has 0 aliphatic carbocycles. The molecule has 0 spiro atoms. The van der Waals surface area contributed by atoms with Gasteiger partial charge in [-0.3, -0.25) is 4.79 Å². The Balaban J connectivity index is 2.04. The molecule has 1 unspecified atom stereocenters. The largest absolute Gasteiger partial charge is 0.383 e. The normalized spacial score (nSPS) is 12.8. The lowest BCUT2D eigenvalue weighted by atomic mass is 10.3. The number of hydrogen-bond donors (Lipinski definition) is 0. The number of thiophene rings is 2. The zero-order chi connectivity index (χ0) is 13.1. The molecule has 2 aromatic rings. The van der Waals surface area contributed by atoms with Crippen LogP contribution < -0.4 is 0 Å². The molecule has 1 atom stereocenters. The van der Waals surface area contributed by atoms with Gasteiger partial charge in [-0.05, 0) is 17.5 Å². The van der Waals surface area contributed by atoms with Gasteiger partial charge in [0.2, 0.25) is 0 Å². The van der Waals surface area contributed by atoms with Crippen molar-refractivity contribution in [3.63, 3.8) is 0 Å². The van der Waals surface area contributed by atoms with Crippen molar-refractivity contribution in [1.29, 1.82) is 0 Å². The molecular weight excluding hydrogens is 290 g/mol. The highest BCUT2D eigenvalue weighted by molar-refractivity contribution is 7.27. The van der Waals surface area contributed by atoms with E-state index < -0.39 is 0 Å². The van der Waals surface area contributed by atoms with Gasteiger partial charge >= 0.3 is 0 Å². The van der Waals surface area contributed by atoms with Crippen LogP contribution in [0.15, 0.2) is 17.5 Å². The molecule has 2 aromatic heterocycles. The molecular formula is C12H14ClNO2S2. The molecule has 0 aliphatic rings. The fourth-order valence-electron chi connectivity index (χ4n) is 1.67. The smallest absolute Gasteiger partial charge is 0.263 e. The van der Waals surface area contributed by atoms with E-state index in [0.717, 1.165) is 14.3 Å². The van der Waals surface area contributed by atoms with Crippen LogP contribution in [0.3, 0.4) is 0 Å². The minimum absolute atomic E-state index is 0.0187. The Morgan fingerprint density at radius 1 is 1.56 bits per heavy atom. The summed E-state index contributed by atoms with van der Waals surface area (Å²) in [6.45, 7) is 0.929. The van der Waals surface area contributed by atoms with E-state index in [1.807, 2.05) is 17.5 Å². The Morgan fingerprint density at radius 3 is 3.00 bits per heavy atom. The fourth-order valence-corrected chi connectivity index (χ4v) is 4.11. The first kappa shape index (κ1) is 13.8. The first-order valence-electron chi connectivity index (χ1n) is 5.47. The summed E-state index contributed by atoms with van der Waals surface area (Å²) in [6.07, 6.45) is 0. The molecule has 3 nitrogen and oxygen atoms in total. The molecule has 2 heterocycles. The monoisotopic (exact) mass is 303 g/mol. The zero-order valence-electron chi connectivity index (χ0n) is 10.2. The molecule has 0 saturated carbocycles. The third kappa shape index (κ3) is 3.03. The first-order valence-corrected chi connectivity index (χ1v) is 7.60. The van der Waals surface area contributed by atoms with Gasteiger partial charge in [0.05, 0.1) is 16.9 Å². The number of ether oxygens (including phenoxy) is 1. The van der Waals surface area contributed by atoms with Gasteiger partial charge in [0, 0.05) is 30.1 Å². The Labute approximate surface area is 119 Å². The van der Waals surface area contributed by atoms with E-state index in [4.69, 9.17) is 16.3 Å². The number of carbonyl (C=O) groups excluding carboxylic acids is 1. The van der Waals surface area contributed by atoms with Crippen molar-refractivity contribution in [3.8, 4) is 0 Å². The highest BCUT2D eigenvalue weighted by Gasteiger charge is 2.18. The van der Waals surface area contributed by atoms with Crippen molar-refractivity contribution in [3.05, 3.63) is 22.4 Å². The third-order valence-electron chi connectivity index (χ3n) is 2.52. The summed E-state index contributed by atoms with van der Waals surface area (Å²) in [5, 5.41) is 1.86. The van der Waals surface area contributed by atoms with Crippen molar-refractivity contribution in [2.24, 2.45) is 0 Å². The van der Waals surface area contributed by atoms with E-state index in [2.05, 4.69) is 0 Å². The highest BCUT2D eigenvalue weighted by atomic mass is 35.5. The number of amides is 1. The second kappa shape index (κ2) is 6.02. The summed E-state index contributed by atoms with van der Waals surface area (Å²) < 4.78 is 7.29. The van der Waals surface area contributed by atoms with Crippen molar-refractivity contribution < 1.29 is 9.53 Å². The van der Waals surface area contributed by atoms with Crippen LogP contribution in [-0.4, -0.2) is 43.5 Å². The van der Waals surface area contributed by atoms with Gasteiger partial charge in [-0.25, -0.2) is 0 Å². The summed E-state index contributed by atoms with van der Waals surface area (Å²) >= 11 is 9.23. The van der Waals surface area contributed by atoms with Crippen LogP contribution in [0.2, 0.25) is 0 Å². The predicted octanol–water partition coefficient (Wildman–Crippen LogP) is 3.29. The number of fused-ring (bicyclic) bond motifs is 1. The quantitative estimate of drug-likeness (QED) is 0.793. The maximum atomic E-state index is 12.2. The van der Waals surface area contributed by atoms with Gasteiger partial charge in [0.25, 0.3) is 5.91 Å². The minimum Gasteiger partial charge on any atom is -0.383 e. The van der Waals surface area contributed by atoms with Crippen molar-refractivity contribution in [1.82, 2.24) is 4.90 Å². The Kier molecular flexibility index (Phi) is 4.61. The molecule has 0 radical (unpaired) electrons. The lowest BCUT2D eigenvalue weighted by Gasteiger charge is -2.19. The van der Waals surface area contributed by atoms with Crippen LogP contribution in [0.5, 0.6) is 0 Å². The zero-order valence-corrected chi connectivity index (χ0v) is 12.6. The number of alkyl halides is 1. The van der Waals surface area contributed by atoms with Crippen molar-refractivity contribution >= 4 is 49.6 Å². The van der Waals surface area contributed by atoms with E-state index in [1.165, 1.54) is 11.3 Å². The summed E-state index contributed by atoms with van der Waals surface area (Å²) in [5.41, 5.74) is 0. The predicted molar refractivity (Wildman–Crippen MR) is 78.2 cm³/mol. The highest BCUT2D eigenvalue weighted by Crippen LogP contribution is 2.30. The number of nitrogens with zero attached hydrogens (tertiary/aromatic N) is 1. The van der Waals surface area contributed by atoms with E-state index >= 15 is 0 Å². The second-order valence-electron chi connectivity index (χ2n) is 4.00. The maximum Gasteiger partial charge on any atom is 0.263 e. The number of carbonyl (C=O) groups is 1. The number of hydrogen-bond acceptors (Lipinski definition) is 4. The summed E-state index contributed by atoms with van der Waals surface area (Å²) in [5.74, 6) is 0.0187. The van der Waals surface area contributed by atoms with E-state index in [1.54, 1.807) is 30.4 Å². The summed E-state index contributed by atoms with van der Waals surface area (Å²) in [4.78, 5) is 14.6. The van der Waals surface area contributed by atoms with E-state index in [-0.39, 0.29) is 11.3 Å². The van der Waals surface area contributed by atoms with Crippen LogP contribution >= 0.6 is 34.3 Å². The lowest BCUT2D eigenvalue weighted by Crippen LogP contribution is -2.33. The van der Waals surface area contributed by atoms with E-state index in [9.17, 15) is 4.79 Å². The van der Waals surface area contributed by atoms with Gasteiger partial charge in [-0.1, -0.05) is 0 Å². The van der Waals surface area contributed by atoms with Crippen molar-refractivity contribution in [2.45, 2.75) is 5.38 Å². The molecule has 0 bridgehead atoms. The van der Waals surface area contributed by atoms with Crippen LogP contribution in [0.4, 0.5) is 0 Å². The molecule has 0 aliphatic heterocycles. The Bertz CT molecular complexity index is 508. The average molecular weight is 304 g/mol. The molecule has 18 heavy (non-hydrogen) atoms. The summed E-state index contributed by atoms with van der Waals surface area (Å²) in [7, 11) is 3.37.